The van der Waals surface area contributed by atoms with Crippen LogP contribution in [-0.4, -0.2) is 46.8 Å². The van der Waals surface area contributed by atoms with Gasteiger partial charge in [0.05, 0.1) is 18.3 Å². The number of nitrogens with one attached hydrogen (secondary N) is 1. The van der Waals surface area contributed by atoms with E-state index >= 15 is 0 Å². The summed E-state index contributed by atoms with van der Waals surface area (Å²) in [6.07, 6.45) is 6.28. The fraction of sp³-hybridized carbons (Fsp3) is 0.800. The van der Waals surface area contributed by atoms with Gasteiger partial charge in [-0.3, -0.25) is 4.68 Å². The van der Waals surface area contributed by atoms with E-state index in [0.717, 1.165) is 18.4 Å². The maximum atomic E-state index is 12.7. The van der Waals surface area contributed by atoms with E-state index < -0.39 is 10.2 Å². The lowest BCUT2D eigenvalue weighted by Crippen LogP contribution is -2.49. The lowest BCUT2D eigenvalue weighted by molar-refractivity contribution is 0.0276. The number of aliphatic hydroxyl groups is 1. The summed E-state index contributed by atoms with van der Waals surface area (Å²) in [5, 5.41) is 13.7. The Morgan fingerprint density at radius 2 is 2.00 bits per heavy atom. The van der Waals surface area contributed by atoms with Crippen molar-refractivity contribution in [1.82, 2.24) is 18.8 Å². The molecule has 1 atom stereocenters. The minimum atomic E-state index is -3.52. The van der Waals surface area contributed by atoms with Crippen LogP contribution >= 0.6 is 0 Å². The van der Waals surface area contributed by atoms with Crippen LogP contribution in [0.15, 0.2) is 12.4 Å². The first-order valence-electron chi connectivity index (χ1n) is 8.29. The molecule has 2 aliphatic rings. The Kier molecular flexibility index (Phi) is 4.78. The van der Waals surface area contributed by atoms with Gasteiger partial charge in [0.1, 0.15) is 0 Å². The van der Waals surface area contributed by atoms with Crippen LogP contribution in [0.1, 0.15) is 44.2 Å². The number of nitrogens with zero attached hydrogens (tertiary/aromatic N) is 3. The Labute approximate surface area is 137 Å². The quantitative estimate of drug-likeness (QED) is 0.828. The molecule has 1 aliphatic carbocycles. The van der Waals surface area contributed by atoms with Crippen LogP contribution in [0, 0.1) is 11.8 Å². The van der Waals surface area contributed by atoms with E-state index in [-0.39, 0.29) is 18.1 Å². The molecular formula is C15H26N4O3S. The maximum absolute atomic E-state index is 12.7. The average molecular weight is 342 g/mol. The summed E-state index contributed by atoms with van der Waals surface area (Å²) in [5.74, 6) is 0.699. The lowest BCUT2D eigenvalue weighted by Gasteiger charge is -2.39. The van der Waals surface area contributed by atoms with Crippen molar-refractivity contribution in [3.05, 3.63) is 18.0 Å². The Balaban J connectivity index is 1.75. The normalized spacial score (nSPS) is 28.5. The summed E-state index contributed by atoms with van der Waals surface area (Å²) in [6.45, 7) is 3.30. The number of aromatic nitrogens is 2. The largest absolute Gasteiger partial charge is 0.393 e. The Morgan fingerprint density at radius 1 is 1.35 bits per heavy atom. The average Bonchev–Trinajstić information content (AvgIpc) is 2.89. The van der Waals surface area contributed by atoms with Crippen LogP contribution in [0.3, 0.4) is 0 Å². The Morgan fingerprint density at radius 3 is 2.52 bits per heavy atom. The van der Waals surface area contributed by atoms with Crippen molar-refractivity contribution in [2.45, 2.75) is 44.8 Å². The molecule has 130 valence electrons. The molecule has 8 heteroatoms. The van der Waals surface area contributed by atoms with Gasteiger partial charge in [-0.2, -0.15) is 22.5 Å². The molecule has 2 fully saturated rings. The lowest BCUT2D eigenvalue weighted by atomic mass is 9.76. The predicted molar refractivity (Wildman–Crippen MR) is 86.7 cm³/mol. The van der Waals surface area contributed by atoms with Crippen molar-refractivity contribution < 1.29 is 13.5 Å². The molecule has 23 heavy (non-hydrogen) atoms. The van der Waals surface area contributed by atoms with Gasteiger partial charge in [-0.15, -0.1) is 0 Å². The van der Waals surface area contributed by atoms with Gasteiger partial charge in [-0.1, -0.05) is 6.92 Å². The van der Waals surface area contributed by atoms with E-state index in [4.69, 9.17) is 0 Å². The van der Waals surface area contributed by atoms with E-state index in [0.29, 0.717) is 31.8 Å². The molecule has 0 aromatic carbocycles. The topological polar surface area (TPSA) is 87.5 Å². The fourth-order valence-corrected chi connectivity index (χ4v) is 4.89. The summed E-state index contributed by atoms with van der Waals surface area (Å²) >= 11 is 0. The first kappa shape index (κ1) is 16.9. The number of aryl methyl sites for hydroxylation is 1. The van der Waals surface area contributed by atoms with Gasteiger partial charge in [0.2, 0.25) is 0 Å². The summed E-state index contributed by atoms with van der Waals surface area (Å²) in [4.78, 5) is 0. The highest BCUT2D eigenvalue weighted by Gasteiger charge is 2.39. The van der Waals surface area contributed by atoms with Crippen LogP contribution in [0.5, 0.6) is 0 Å². The van der Waals surface area contributed by atoms with E-state index in [1.165, 1.54) is 0 Å². The van der Waals surface area contributed by atoms with Gasteiger partial charge < -0.3 is 5.11 Å². The molecule has 7 nitrogen and oxygen atoms in total. The predicted octanol–water partition coefficient (Wildman–Crippen LogP) is 0.798. The number of rotatable bonds is 5. The molecule has 1 aromatic rings. The molecule has 1 saturated carbocycles. The van der Waals surface area contributed by atoms with Crippen molar-refractivity contribution in [1.29, 1.82) is 0 Å². The van der Waals surface area contributed by atoms with Gasteiger partial charge in [-0.05, 0) is 37.5 Å². The monoisotopic (exact) mass is 342 g/mol. The van der Waals surface area contributed by atoms with Crippen LogP contribution in [-0.2, 0) is 17.3 Å². The molecule has 2 heterocycles. The molecule has 0 spiro atoms. The number of hydrogen-bond donors (Lipinski definition) is 2. The summed E-state index contributed by atoms with van der Waals surface area (Å²) in [7, 11) is -1.70. The standard InChI is InChI=1S/C15H26N4O3S/c1-11-3-5-19(6-4-11)23(21,22)17-15(12-7-14(20)8-12)13-9-16-18(2)10-13/h9-12,14-15,17,20H,3-8H2,1-2H3/t12?,14?,15-/m1/s1. The number of aliphatic hydroxyl groups excluding tert-OH is 1. The van der Waals surface area contributed by atoms with E-state index in [1.807, 2.05) is 13.2 Å². The molecule has 0 unspecified atom stereocenters. The third-order valence-electron chi connectivity index (χ3n) is 5.06. The summed E-state index contributed by atoms with van der Waals surface area (Å²) < 4.78 is 31.6. The molecule has 1 aromatic heterocycles. The van der Waals surface area contributed by atoms with E-state index in [1.54, 1.807) is 15.2 Å². The molecular weight excluding hydrogens is 316 g/mol. The van der Waals surface area contributed by atoms with Crippen molar-refractivity contribution in [3.63, 3.8) is 0 Å². The first-order valence-corrected chi connectivity index (χ1v) is 9.73. The fourth-order valence-electron chi connectivity index (χ4n) is 3.40. The summed E-state index contributed by atoms with van der Waals surface area (Å²) in [5.41, 5.74) is 0.860. The summed E-state index contributed by atoms with van der Waals surface area (Å²) in [6, 6.07) is -0.323. The third-order valence-corrected chi connectivity index (χ3v) is 6.66. The van der Waals surface area contributed by atoms with Crippen LogP contribution in [0.25, 0.3) is 0 Å². The highest BCUT2D eigenvalue weighted by molar-refractivity contribution is 7.87. The van der Waals surface area contributed by atoms with Crippen molar-refractivity contribution in [2.75, 3.05) is 13.1 Å². The van der Waals surface area contributed by atoms with Crippen LogP contribution in [0.4, 0.5) is 0 Å². The zero-order valence-electron chi connectivity index (χ0n) is 13.7. The molecule has 3 rings (SSSR count). The van der Waals surface area contributed by atoms with Crippen LogP contribution < -0.4 is 4.72 Å². The highest BCUT2D eigenvalue weighted by atomic mass is 32.2. The zero-order valence-corrected chi connectivity index (χ0v) is 14.5. The zero-order chi connectivity index (χ0) is 16.6. The van der Waals surface area contributed by atoms with E-state index in [2.05, 4.69) is 16.7 Å². The smallest absolute Gasteiger partial charge is 0.280 e. The van der Waals surface area contributed by atoms with Crippen molar-refractivity contribution in [2.24, 2.45) is 18.9 Å². The second-order valence-electron chi connectivity index (χ2n) is 7.01. The number of piperidine rings is 1. The second-order valence-corrected chi connectivity index (χ2v) is 8.72. The molecule has 0 bridgehead atoms. The minimum absolute atomic E-state index is 0.118. The van der Waals surface area contributed by atoms with Crippen molar-refractivity contribution >= 4 is 10.2 Å². The van der Waals surface area contributed by atoms with Gasteiger partial charge >= 0.3 is 0 Å². The Hall–Kier alpha value is -0.960. The third kappa shape index (κ3) is 3.76. The maximum Gasteiger partial charge on any atom is 0.280 e. The Bertz CT molecular complexity index is 631. The molecule has 2 N–H and O–H groups in total. The highest BCUT2D eigenvalue weighted by Crippen LogP contribution is 2.38. The van der Waals surface area contributed by atoms with E-state index in [9.17, 15) is 13.5 Å². The van der Waals surface area contributed by atoms with Gasteiger partial charge in [0.15, 0.2) is 0 Å². The van der Waals surface area contributed by atoms with Crippen molar-refractivity contribution in [3.8, 4) is 0 Å². The molecule has 1 saturated heterocycles. The number of hydrogen-bond acceptors (Lipinski definition) is 4. The SMILES string of the molecule is CC1CCN(S(=O)(=O)N[C@@H](c2cnn(C)c2)C2CC(O)C2)CC1. The first-order chi connectivity index (χ1) is 10.8. The molecule has 0 radical (unpaired) electrons. The molecule has 1 aliphatic heterocycles. The van der Waals surface area contributed by atoms with Gasteiger partial charge in [0.25, 0.3) is 10.2 Å². The van der Waals surface area contributed by atoms with Gasteiger partial charge in [0, 0.05) is 31.9 Å². The van der Waals surface area contributed by atoms with Gasteiger partial charge in [-0.25, -0.2) is 0 Å². The second kappa shape index (κ2) is 6.51. The minimum Gasteiger partial charge on any atom is -0.393 e. The van der Waals surface area contributed by atoms with Crippen LogP contribution in [0.2, 0.25) is 0 Å². The molecule has 0 amide bonds.